The lowest BCUT2D eigenvalue weighted by Crippen LogP contribution is -2.13. The van der Waals surface area contributed by atoms with Gasteiger partial charge in [0, 0.05) is 13.5 Å². The summed E-state index contributed by atoms with van der Waals surface area (Å²) in [4.78, 5) is 0. The molecule has 82 valence electrons. The second-order valence-corrected chi connectivity index (χ2v) is 3.55. The van der Waals surface area contributed by atoms with Gasteiger partial charge in [-0.25, -0.2) is 0 Å². The molecule has 1 N–H and O–H groups in total. The molecule has 15 heavy (non-hydrogen) atoms. The Balaban J connectivity index is 2.60. The Kier molecular flexibility index (Phi) is 5.08. The zero-order chi connectivity index (χ0) is 11.1. The molecule has 0 spiro atoms. The fraction of sp³-hybridized carbons (Fsp3) is 0.385. The number of hydrogen-bond donors (Lipinski definition) is 1. The highest BCUT2D eigenvalue weighted by Crippen LogP contribution is 2.22. The quantitative estimate of drug-likeness (QED) is 0.725. The van der Waals surface area contributed by atoms with E-state index in [1.54, 1.807) is 13.2 Å². The van der Waals surface area contributed by atoms with E-state index < -0.39 is 0 Å². The normalized spacial score (nSPS) is 14.5. The van der Waals surface area contributed by atoms with Crippen LogP contribution in [-0.2, 0) is 4.74 Å². The van der Waals surface area contributed by atoms with Crippen LogP contribution in [0.15, 0.2) is 43.0 Å². The molecule has 0 amide bonds. The minimum absolute atomic E-state index is 0.0406. The summed E-state index contributed by atoms with van der Waals surface area (Å²) in [5.74, 6) is 0. The van der Waals surface area contributed by atoms with Gasteiger partial charge in [0.1, 0.15) is 0 Å². The molecule has 1 aromatic rings. The average Bonchev–Trinajstić information content (AvgIpc) is 2.27. The second-order valence-electron chi connectivity index (χ2n) is 3.55. The smallest absolute Gasteiger partial charge is 0.0845 e. The van der Waals surface area contributed by atoms with Gasteiger partial charge >= 0.3 is 0 Å². The molecule has 0 heterocycles. The topological polar surface area (TPSA) is 29.5 Å². The summed E-state index contributed by atoms with van der Waals surface area (Å²) in [6.45, 7) is 3.61. The summed E-state index contributed by atoms with van der Waals surface area (Å²) in [6, 6.07) is 9.93. The molecule has 0 aliphatic rings. The highest BCUT2D eigenvalue weighted by molar-refractivity contribution is 5.17. The molecule has 0 aliphatic heterocycles. The molecule has 2 heteroatoms. The number of aliphatic hydroxyl groups excluding tert-OH is 1. The van der Waals surface area contributed by atoms with Crippen LogP contribution < -0.4 is 0 Å². The SMILES string of the molecule is C=CC[C@H](O)C[C@H](OC)c1ccccc1. The van der Waals surface area contributed by atoms with Crippen LogP contribution in [0.3, 0.4) is 0 Å². The molecule has 0 fully saturated rings. The first-order valence-electron chi connectivity index (χ1n) is 5.14. The fourth-order valence-corrected chi connectivity index (χ4v) is 1.57. The van der Waals surface area contributed by atoms with Gasteiger partial charge in [-0.15, -0.1) is 6.58 Å². The van der Waals surface area contributed by atoms with Gasteiger partial charge in [-0.05, 0) is 12.0 Å². The van der Waals surface area contributed by atoms with Crippen molar-refractivity contribution in [1.82, 2.24) is 0 Å². The molecule has 0 saturated carbocycles. The maximum atomic E-state index is 9.66. The van der Waals surface area contributed by atoms with E-state index in [0.717, 1.165) is 5.56 Å². The van der Waals surface area contributed by atoms with E-state index in [1.165, 1.54) is 0 Å². The second kappa shape index (κ2) is 6.38. The van der Waals surface area contributed by atoms with E-state index >= 15 is 0 Å². The van der Waals surface area contributed by atoms with Crippen LogP contribution in [0.5, 0.6) is 0 Å². The Hall–Kier alpha value is -1.12. The first kappa shape index (κ1) is 12.0. The van der Waals surface area contributed by atoms with Gasteiger partial charge < -0.3 is 9.84 Å². The predicted octanol–water partition coefficient (Wildman–Crippen LogP) is 2.70. The molecular formula is C13H18O2. The molecule has 1 aromatic carbocycles. The molecule has 0 aliphatic carbocycles. The Morgan fingerprint density at radius 1 is 1.40 bits per heavy atom. The molecule has 2 nitrogen and oxygen atoms in total. The van der Waals surface area contributed by atoms with E-state index in [4.69, 9.17) is 4.74 Å². The highest BCUT2D eigenvalue weighted by Gasteiger charge is 2.14. The zero-order valence-corrected chi connectivity index (χ0v) is 9.10. The average molecular weight is 206 g/mol. The standard InChI is InChI=1S/C13H18O2/c1-3-7-12(14)10-13(15-2)11-8-5-4-6-9-11/h3-6,8-9,12-14H,1,7,10H2,2H3/t12-,13-/m0/s1. The number of benzene rings is 1. The molecule has 1 rings (SSSR count). The van der Waals surface area contributed by atoms with Gasteiger partial charge in [0.25, 0.3) is 0 Å². The van der Waals surface area contributed by atoms with Crippen molar-refractivity contribution in [2.75, 3.05) is 7.11 Å². The third-order valence-corrected chi connectivity index (χ3v) is 2.38. The largest absolute Gasteiger partial charge is 0.393 e. The number of rotatable bonds is 6. The summed E-state index contributed by atoms with van der Waals surface area (Å²) >= 11 is 0. The Morgan fingerprint density at radius 3 is 2.60 bits per heavy atom. The maximum Gasteiger partial charge on any atom is 0.0845 e. The molecule has 0 saturated heterocycles. The van der Waals surface area contributed by atoms with Gasteiger partial charge in [0.2, 0.25) is 0 Å². The van der Waals surface area contributed by atoms with Gasteiger partial charge in [-0.1, -0.05) is 36.4 Å². The first-order valence-corrected chi connectivity index (χ1v) is 5.14. The molecule has 0 aromatic heterocycles. The molecule has 0 bridgehead atoms. The Labute approximate surface area is 91.2 Å². The van der Waals surface area contributed by atoms with Crippen LogP contribution in [0, 0.1) is 0 Å². The van der Waals surface area contributed by atoms with Crippen LogP contribution in [0.4, 0.5) is 0 Å². The van der Waals surface area contributed by atoms with Gasteiger partial charge in [0.15, 0.2) is 0 Å². The van der Waals surface area contributed by atoms with Crippen molar-refractivity contribution < 1.29 is 9.84 Å². The van der Waals surface area contributed by atoms with E-state index in [1.807, 2.05) is 30.3 Å². The Morgan fingerprint density at radius 2 is 2.07 bits per heavy atom. The van der Waals surface area contributed by atoms with Crippen LogP contribution in [-0.4, -0.2) is 18.3 Å². The third-order valence-electron chi connectivity index (χ3n) is 2.38. The predicted molar refractivity (Wildman–Crippen MR) is 61.6 cm³/mol. The summed E-state index contributed by atoms with van der Waals surface area (Å²) in [5, 5.41) is 9.66. The van der Waals surface area contributed by atoms with Crippen LogP contribution in [0.2, 0.25) is 0 Å². The summed E-state index contributed by atoms with van der Waals surface area (Å²) in [5.41, 5.74) is 1.10. The molecule has 0 unspecified atom stereocenters. The monoisotopic (exact) mass is 206 g/mol. The minimum Gasteiger partial charge on any atom is -0.393 e. The lowest BCUT2D eigenvalue weighted by molar-refractivity contribution is 0.0457. The lowest BCUT2D eigenvalue weighted by atomic mass is 10.0. The number of hydrogen-bond acceptors (Lipinski definition) is 2. The van der Waals surface area contributed by atoms with Gasteiger partial charge in [-0.2, -0.15) is 0 Å². The van der Waals surface area contributed by atoms with E-state index in [9.17, 15) is 5.11 Å². The third kappa shape index (κ3) is 3.86. The molecular weight excluding hydrogens is 188 g/mol. The van der Waals surface area contributed by atoms with Gasteiger partial charge in [-0.3, -0.25) is 0 Å². The maximum absolute atomic E-state index is 9.66. The minimum atomic E-state index is -0.382. The highest BCUT2D eigenvalue weighted by atomic mass is 16.5. The van der Waals surface area contributed by atoms with Crippen molar-refractivity contribution in [3.63, 3.8) is 0 Å². The van der Waals surface area contributed by atoms with E-state index in [-0.39, 0.29) is 12.2 Å². The summed E-state index contributed by atoms with van der Waals surface area (Å²) < 4.78 is 5.36. The fourth-order valence-electron chi connectivity index (χ4n) is 1.57. The van der Waals surface area contributed by atoms with Crippen LogP contribution in [0.1, 0.15) is 24.5 Å². The summed E-state index contributed by atoms with van der Waals surface area (Å²) in [7, 11) is 1.66. The summed E-state index contributed by atoms with van der Waals surface area (Å²) in [6.07, 6.45) is 2.51. The first-order chi connectivity index (χ1) is 7.27. The van der Waals surface area contributed by atoms with Crippen molar-refractivity contribution in [2.24, 2.45) is 0 Å². The molecule has 2 atom stereocenters. The Bertz CT molecular complexity index is 282. The zero-order valence-electron chi connectivity index (χ0n) is 9.10. The van der Waals surface area contributed by atoms with Crippen molar-refractivity contribution in [3.05, 3.63) is 48.6 Å². The van der Waals surface area contributed by atoms with Crippen LogP contribution >= 0.6 is 0 Å². The number of ether oxygens (including phenoxy) is 1. The van der Waals surface area contributed by atoms with Crippen LogP contribution in [0.25, 0.3) is 0 Å². The lowest BCUT2D eigenvalue weighted by Gasteiger charge is -2.18. The number of methoxy groups -OCH3 is 1. The molecule has 0 radical (unpaired) electrons. The van der Waals surface area contributed by atoms with Crippen molar-refractivity contribution >= 4 is 0 Å². The van der Waals surface area contributed by atoms with Crippen molar-refractivity contribution in [1.29, 1.82) is 0 Å². The van der Waals surface area contributed by atoms with Crippen molar-refractivity contribution in [2.45, 2.75) is 25.0 Å². The van der Waals surface area contributed by atoms with Gasteiger partial charge in [0.05, 0.1) is 12.2 Å². The number of aliphatic hydroxyl groups is 1. The van der Waals surface area contributed by atoms with Crippen molar-refractivity contribution in [3.8, 4) is 0 Å². The van der Waals surface area contributed by atoms with E-state index in [0.29, 0.717) is 12.8 Å². The van der Waals surface area contributed by atoms with E-state index in [2.05, 4.69) is 6.58 Å².